The number of hydroxylamine groups is 1. The molecular formula is C17H23NO6. The molecule has 0 saturated heterocycles. The van der Waals surface area contributed by atoms with Crippen molar-refractivity contribution in [1.29, 1.82) is 0 Å². The Morgan fingerprint density at radius 3 is 2.12 bits per heavy atom. The van der Waals surface area contributed by atoms with E-state index in [4.69, 9.17) is 14.3 Å². The molecule has 7 heteroatoms. The van der Waals surface area contributed by atoms with E-state index in [0.29, 0.717) is 24.3 Å². The zero-order valence-corrected chi connectivity index (χ0v) is 14.2. The van der Waals surface area contributed by atoms with Crippen molar-refractivity contribution in [2.75, 3.05) is 27.9 Å². The number of esters is 1. The SMILES string of the molecule is COC(=O)CONC(=O)C1(c2cc(OC)cc(OC)c2)CCCC1. The van der Waals surface area contributed by atoms with E-state index in [-0.39, 0.29) is 12.5 Å². The standard InChI is InChI=1S/C17H23NO6/c1-21-13-8-12(9-14(10-13)22-2)17(6-4-5-7-17)16(20)18-24-11-15(19)23-3/h8-10H,4-7,11H2,1-3H3,(H,18,20). The summed E-state index contributed by atoms with van der Waals surface area (Å²) in [6.07, 6.45) is 3.25. The van der Waals surface area contributed by atoms with Crippen molar-refractivity contribution in [2.24, 2.45) is 0 Å². The van der Waals surface area contributed by atoms with Gasteiger partial charge < -0.3 is 14.2 Å². The monoisotopic (exact) mass is 337 g/mol. The van der Waals surface area contributed by atoms with Gasteiger partial charge >= 0.3 is 5.97 Å². The van der Waals surface area contributed by atoms with Crippen LogP contribution in [0.1, 0.15) is 31.2 Å². The molecule has 1 fully saturated rings. The Hall–Kier alpha value is -2.28. The van der Waals surface area contributed by atoms with Crippen LogP contribution in [0, 0.1) is 0 Å². The van der Waals surface area contributed by atoms with Crippen LogP contribution >= 0.6 is 0 Å². The van der Waals surface area contributed by atoms with Crippen molar-refractivity contribution in [3.63, 3.8) is 0 Å². The van der Waals surface area contributed by atoms with Gasteiger partial charge in [-0.2, -0.15) is 0 Å². The Morgan fingerprint density at radius 1 is 1.04 bits per heavy atom. The summed E-state index contributed by atoms with van der Waals surface area (Å²) in [4.78, 5) is 28.9. The highest BCUT2D eigenvalue weighted by molar-refractivity contribution is 5.88. The molecule has 1 amide bonds. The first-order valence-corrected chi connectivity index (χ1v) is 7.78. The van der Waals surface area contributed by atoms with E-state index < -0.39 is 11.4 Å². The van der Waals surface area contributed by atoms with Gasteiger partial charge in [0.2, 0.25) is 0 Å². The maximum absolute atomic E-state index is 12.8. The van der Waals surface area contributed by atoms with Crippen LogP contribution in [0.5, 0.6) is 11.5 Å². The van der Waals surface area contributed by atoms with E-state index in [0.717, 1.165) is 18.4 Å². The van der Waals surface area contributed by atoms with E-state index in [2.05, 4.69) is 10.2 Å². The predicted molar refractivity (Wildman–Crippen MR) is 85.8 cm³/mol. The Kier molecular flexibility index (Phi) is 6.03. The lowest BCUT2D eigenvalue weighted by Crippen LogP contribution is -2.43. The van der Waals surface area contributed by atoms with Crippen LogP contribution < -0.4 is 15.0 Å². The lowest BCUT2D eigenvalue weighted by atomic mass is 9.78. The minimum absolute atomic E-state index is 0.279. The maximum atomic E-state index is 12.8. The zero-order chi connectivity index (χ0) is 17.6. The van der Waals surface area contributed by atoms with Crippen molar-refractivity contribution in [2.45, 2.75) is 31.1 Å². The average Bonchev–Trinajstić information content (AvgIpc) is 3.12. The molecule has 132 valence electrons. The molecule has 0 spiro atoms. The summed E-state index contributed by atoms with van der Waals surface area (Å²) in [5.74, 6) is 0.413. The van der Waals surface area contributed by atoms with Crippen LogP contribution in [0.2, 0.25) is 0 Å². The Bertz CT molecular complexity index is 572. The van der Waals surface area contributed by atoms with Gasteiger partial charge in [-0.25, -0.2) is 10.3 Å². The highest BCUT2D eigenvalue weighted by Crippen LogP contribution is 2.43. The largest absolute Gasteiger partial charge is 0.497 e. The fourth-order valence-corrected chi connectivity index (χ4v) is 3.03. The number of ether oxygens (including phenoxy) is 3. The molecule has 0 bridgehead atoms. The number of nitrogens with one attached hydrogen (secondary N) is 1. The Labute approximate surface area is 141 Å². The fourth-order valence-electron chi connectivity index (χ4n) is 3.03. The summed E-state index contributed by atoms with van der Waals surface area (Å²) < 4.78 is 15.1. The molecule has 0 aliphatic heterocycles. The van der Waals surface area contributed by atoms with Crippen LogP contribution in [-0.2, 0) is 24.6 Å². The van der Waals surface area contributed by atoms with Crippen molar-refractivity contribution in [3.05, 3.63) is 23.8 Å². The highest BCUT2D eigenvalue weighted by atomic mass is 16.7. The Balaban J connectivity index is 2.24. The minimum Gasteiger partial charge on any atom is -0.497 e. The normalized spacial score (nSPS) is 15.6. The van der Waals surface area contributed by atoms with E-state index in [9.17, 15) is 9.59 Å². The molecule has 1 aromatic carbocycles. The predicted octanol–water partition coefficient (Wildman–Crippen LogP) is 1.74. The lowest BCUT2D eigenvalue weighted by Gasteiger charge is -2.28. The van der Waals surface area contributed by atoms with Gasteiger partial charge in [0.25, 0.3) is 5.91 Å². The van der Waals surface area contributed by atoms with Gasteiger partial charge in [0, 0.05) is 6.07 Å². The number of hydrogen-bond acceptors (Lipinski definition) is 6. The smallest absolute Gasteiger partial charge is 0.334 e. The molecule has 1 aromatic rings. The quantitative estimate of drug-likeness (QED) is 0.603. The number of amides is 1. The molecule has 0 unspecified atom stereocenters. The average molecular weight is 337 g/mol. The van der Waals surface area contributed by atoms with Gasteiger partial charge in [-0.1, -0.05) is 12.8 Å². The molecule has 0 aromatic heterocycles. The number of methoxy groups -OCH3 is 3. The molecule has 1 aliphatic rings. The second-order valence-electron chi connectivity index (χ2n) is 5.69. The first-order chi connectivity index (χ1) is 11.6. The molecule has 1 aliphatic carbocycles. The summed E-state index contributed by atoms with van der Waals surface area (Å²) in [6.45, 7) is -0.334. The van der Waals surface area contributed by atoms with Crippen molar-refractivity contribution in [3.8, 4) is 11.5 Å². The topological polar surface area (TPSA) is 83.1 Å². The van der Waals surface area contributed by atoms with Crippen LogP contribution in [0.25, 0.3) is 0 Å². The van der Waals surface area contributed by atoms with E-state index in [1.54, 1.807) is 20.3 Å². The molecule has 1 N–H and O–H groups in total. The van der Waals surface area contributed by atoms with Crippen molar-refractivity contribution in [1.82, 2.24) is 5.48 Å². The number of hydrogen-bond donors (Lipinski definition) is 1. The molecule has 0 radical (unpaired) electrons. The number of carbonyl (C=O) groups is 2. The second-order valence-corrected chi connectivity index (χ2v) is 5.69. The number of rotatable bonds is 7. The molecule has 1 saturated carbocycles. The third-order valence-corrected chi connectivity index (χ3v) is 4.38. The third kappa shape index (κ3) is 3.79. The third-order valence-electron chi connectivity index (χ3n) is 4.38. The molecule has 2 rings (SSSR count). The maximum Gasteiger partial charge on any atom is 0.334 e. The summed E-state index contributed by atoms with van der Waals surface area (Å²) in [7, 11) is 4.40. The summed E-state index contributed by atoms with van der Waals surface area (Å²) in [5.41, 5.74) is 2.47. The highest BCUT2D eigenvalue weighted by Gasteiger charge is 2.43. The summed E-state index contributed by atoms with van der Waals surface area (Å²) >= 11 is 0. The van der Waals surface area contributed by atoms with Crippen molar-refractivity contribution >= 4 is 11.9 Å². The number of benzene rings is 1. The van der Waals surface area contributed by atoms with E-state index >= 15 is 0 Å². The van der Waals surface area contributed by atoms with Crippen LogP contribution in [0.4, 0.5) is 0 Å². The summed E-state index contributed by atoms with van der Waals surface area (Å²) in [6, 6.07) is 5.44. The summed E-state index contributed by atoms with van der Waals surface area (Å²) in [5, 5.41) is 0. The van der Waals surface area contributed by atoms with Gasteiger partial charge in [0.05, 0.1) is 26.7 Å². The van der Waals surface area contributed by atoms with Crippen LogP contribution in [0.15, 0.2) is 18.2 Å². The van der Waals surface area contributed by atoms with Gasteiger partial charge in [-0.3, -0.25) is 9.63 Å². The first-order valence-electron chi connectivity index (χ1n) is 7.78. The zero-order valence-electron chi connectivity index (χ0n) is 14.2. The first kappa shape index (κ1) is 18.1. The van der Waals surface area contributed by atoms with Gasteiger partial charge in [-0.05, 0) is 30.5 Å². The molecular weight excluding hydrogens is 314 g/mol. The molecule has 0 heterocycles. The van der Waals surface area contributed by atoms with Crippen molar-refractivity contribution < 1.29 is 28.6 Å². The fraction of sp³-hybridized carbons (Fsp3) is 0.529. The lowest BCUT2D eigenvalue weighted by molar-refractivity contribution is -0.154. The number of carbonyl (C=O) groups excluding carboxylic acids is 2. The minimum atomic E-state index is -0.724. The van der Waals surface area contributed by atoms with Crippen LogP contribution in [0.3, 0.4) is 0 Å². The Morgan fingerprint density at radius 2 is 1.62 bits per heavy atom. The molecule has 24 heavy (non-hydrogen) atoms. The van der Waals surface area contributed by atoms with Gasteiger partial charge in [0.1, 0.15) is 11.5 Å². The van der Waals surface area contributed by atoms with Gasteiger partial charge in [0.15, 0.2) is 6.61 Å². The van der Waals surface area contributed by atoms with Crippen LogP contribution in [-0.4, -0.2) is 39.8 Å². The van der Waals surface area contributed by atoms with Gasteiger partial charge in [-0.15, -0.1) is 0 Å². The van der Waals surface area contributed by atoms with E-state index in [1.807, 2.05) is 12.1 Å². The second kappa shape index (κ2) is 8.01. The van der Waals surface area contributed by atoms with E-state index in [1.165, 1.54) is 7.11 Å². The molecule has 0 atom stereocenters. The molecule has 7 nitrogen and oxygen atoms in total.